The smallest absolute Gasteiger partial charge is 0.313 e. The molecule has 0 spiro atoms. The molecule has 1 heterocycles. The molecule has 154 valence electrons. The van der Waals surface area contributed by atoms with Crippen LogP contribution in [-0.4, -0.2) is 26.5 Å². The van der Waals surface area contributed by atoms with E-state index in [0.717, 1.165) is 22.8 Å². The minimum Gasteiger partial charge on any atom is -0.494 e. The second-order valence-corrected chi connectivity index (χ2v) is 6.10. The summed E-state index contributed by atoms with van der Waals surface area (Å²) in [6.45, 7) is 11.0. The Labute approximate surface area is 168 Å². The van der Waals surface area contributed by atoms with Crippen molar-refractivity contribution in [1.29, 1.82) is 0 Å². The molecule has 2 aromatic carbocycles. The maximum Gasteiger partial charge on any atom is 0.313 e. The maximum absolute atomic E-state index is 11.5. The third-order valence-corrected chi connectivity index (χ3v) is 3.94. The zero-order valence-electron chi connectivity index (χ0n) is 17.7. The fourth-order valence-electron chi connectivity index (χ4n) is 2.71. The van der Waals surface area contributed by atoms with Crippen molar-refractivity contribution in [3.8, 4) is 17.2 Å². The zero-order chi connectivity index (χ0) is 20.9. The van der Waals surface area contributed by atoms with Crippen LogP contribution in [0.25, 0.3) is 0 Å². The van der Waals surface area contributed by atoms with Crippen LogP contribution in [0.5, 0.6) is 17.2 Å². The average Bonchev–Trinajstić information content (AvgIpc) is 3.19. The van der Waals surface area contributed by atoms with Crippen molar-refractivity contribution < 1.29 is 23.7 Å². The van der Waals surface area contributed by atoms with E-state index in [2.05, 4.69) is 0 Å². The lowest BCUT2D eigenvalue weighted by atomic mass is 9.89. The molecule has 1 aliphatic heterocycles. The number of rotatable bonds is 5. The molecular formula is C23H32O5. The summed E-state index contributed by atoms with van der Waals surface area (Å²) in [5.41, 5.74) is 1.02. The third kappa shape index (κ3) is 6.80. The summed E-state index contributed by atoms with van der Waals surface area (Å²) in [5, 5.41) is 0. The van der Waals surface area contributed by atoms with Gasteiger partial charge in [-0.3, -0.25) is 4.79 Å². The number of carbonyl (C=O) groups is 1. The van der Waals surface area contributed by atoms with E-state index in [1.807, 2.05) is 83.1 Å². The van der Waals surface area contributed by atoms with Crippen LogP contribution >= 0.6 is 0 Å². The topological polar surface area (TPSA) is 54.0 Å². The predicted molar refractivity (Wildman–Crippen MR) is 111 cm³/mol. The van der Waals surface area contributed by atoms with Gasteiger partial charge in [-0.05, 0) is 30.5 Å². The van der Waals surface area contributed by atoms with Crippen LogP contribution in [0.4, 0.5) is 0 Å². The lowest BCUT2D eigenvalue weighted by Crippen LogP contribution is -2.19. The highest BCUT2D eigenvalue weighted by Gasteiger charge is 2.24. The van der Waals surface area contributed by atoms with Crippen LogP contribution in [-0.2, 0) is 9.53 Å². The highest BCUT2D eigenvalue weighted by molar-refractivity contribution is 5.78. The molecule has 28 heavy (non-hydrogen) atoms. The molecule has 2 aromatic rings. The van der Waals surface area contributed by atoms with E-state index >= 15 is 0 Å². The molecule has 1 atom stereocenters. The number of hydrogen-bond donors (Lipinski definition) is 0. The van der Waals surface area contributed by atoms with Gasteiger partial charge in [-0.1, -0.05) is 58.0 Å². The Kier molecular flexibility index (Phi) is 10.6. The van der Waals surface area contributed by atoms with E-state index < -0.39 is 0 Å². The first-order valence-electron chi connectivity index (χ1n) is 9.72. The van der Waals surface area contributed by atoms with Crippen LogP contribution in [0.1, 0.15) is 46.1 Å². The summed E-state index contributed by atoms with van der Waals surface area (Å²) in [6, 6.07) is 15.3. The minimum absolute atomic E-state index is 0.152. The molecule has 5 heteroatoms. The van der Waals surface area contributed by atoms with Gasteiger partial charge >= 0.3 is 5.97 Å². The van der Waals surface area contributed by atoms with E-state index in [0.29, 0.717) is 13.4 Å². The number of methoxy groups -OCH3 is 1. The molecule has 5 nitrogen and oxygen atoms in total. The Morgan fingerprint density at radius 1 is 1.04 bits per heavy atom. The van der Waals surface area contributed by atoms with Crippen molar-refractivity contribution in [3.05, 3.63) is 54.1 Å². The van der Waals surface area contributed by atoms with E-state index in [1.54, 1.807) is 0 Å². The van der Waals surface area contributed by atoms with Crippen LogP contribution in [0.3, 0.4) is 0 Å². The van der Waals surface area contributed by atoms with Crippen LogP contribution in [0, 0.1) is 5.92 Å². The number of benzene rings is 2. The molecule has 0 aliphatic carbocycles. The molecule has 0 saturated carbocycles. The third-order valence-electron chi connectivity index (χ3n) is 3.94. The number of esters is 1. The Hall–Kier alpha value is -2.69. The van der Waals surface area contributed by atoms with Crippen molar-refractivity contribution in [1.82, 2.24) is 0 Å². The second-order valence-electron chi connectivity index (χ2n) is 6.10. The van der Waals surface area contributed by atoms with Gasteiger partial charge in [-0.2, -0.15) is 0 Å². The minimum atomic E-state index is -0.161. The SMILES string of the molecule is CC.CCOc1ccc2c(c1)OCO2.COC(=O)C(c1ccccc1)C(C)C. The molecule has 0 aromatic heterocycles. The average molecular weight is 389 g/mol. The summed E-state index contributed by atoms with van der Waals surface area (Å²) >= 11 is 0. The highest BCUT2D eigenvalue weighted by atomic mass is 16.7. The quantitative estimate of drug-likeness (QED) is 0.639. The van der Waals surface area contributed by atoms with Crippen molar-refractivity contribution in [2.24, 2.45) is 5.92 Å². The number of ether oxygens (including phenoxy) is 4. The first-order valence-corrected chi connectivity index (χ1v) is 9.72. The summed E-state index contributed by atoms with van der Waals surface area (Å²) in [5.74, 6) is 2.32. The molecule has 0 amide bonds. The van der Waals surface area contributed by atoms with Gasteiger partial charge in [0.05, 0.1) is 19.6 Å². The molecule has 0 saturated heterocycles. The Morgan fingerprint density at radius 2 is 1.68 bits per heavy atom. The van der Waals surface area contributed by atoms with E-state index in [9.17, 15) is 4.79 Å². The van der Waals surface area contributed by atoms with Crippen LogP contribution in [0.15, 0.2) is 48.5 Å². The van der Waals surface area contributed by atoms with Gasteiger partial charge < -0.3 is 18.9 Å². The molecule has 1 unspecified atom stereocenters. The van der Waals surface area contributed by atoms with Gasteiger partial charge in [0.25, 0.3) is 0 Å². The van der Waals surface area contributed by atoms with Gasteiger partial charge in [0.15, 0.2) is 11.5 Å². The van der Waals surface area contributed by atoms with Gasteiger partial charge in [-0.15, -0.1) is 0 Å². The lowest BCUT2D eigenvalue weighted by molar-refractivity contribution is -0.143. The summed E-state index contributed by atoms with van der Waals surface area (Å²) in [6.07, 6.45) is 0. The number of fused-ring (bicyclic) bond motifs is 1. The van der Waals surface area contributed by atoms with Gasteiger partial charge in [0.2, 0.25) is 6.79 Å². The Balaban J connectivity index is 0.000000259. The molecule has 0 N–H and O–H groups in total. The Bertz CT molecular complexity index is 697. The summed E-state index contributed by atoms with van der Waals surface area (Å²) in [4.78, 5) is 11.5. The number of carbonyl (C=O) groups excluding carboxylic acids is 1. The van der Waals surface area contributed by atoms with E-state index in [1.165, 1.54) is 7.11 Å². The van der Waals surface area contributed by atoms with Crippen LogP contribution < -0.4 is 14.2 Å². The molecule has 3 rings (SSSR count). The monoisotopic (exact) mass is 388 g/mol. The van der Waals surface area contributed by atoms with E-state index in [4.69, 9.17) is 18.9 Å². The second kappa shape index (κ2) is 12.7. The molecule has 1 aliphatic rings. The largest absolute Gasteiger partial charge is 0.494 e. The van der Waals surface area contributed by atoms with Crippen molar-refractivity contribution in [2.45, 2.75) is 40.5 Å². The van der Waals surface area contributed by atoms with Crippen molar-refractivity contribution in [2.75, 3.05) is 20.5 Å². The lowest BCUT2D eigenvalue weighted by Gasteiger charge is -2.18. The predicted octanol–water partition coefficient (Wildman–Crippen LogP) is 5.44. The first-order chi connectivity index (χ1) is 13.6. The van der Waals surface area contributed by atoms with Gasteiger partial charge in [0, 0.05) is 6.07 Å². The summed E-state index contributed by atoms with van der Waals surface area (Å²) < 4.78 is 20.4. The fourth-order valence-corrected chi connectivity index (χ4v) is 2.71. The molecule has 0 radical (unpaired) electrons. The normalized spacial score (nSPS) is 12.1. The highest BCUT2D eigenvalue weighted by Crippen LogP contribution is 2.34. The molecule has 0 fully saturated rings. The molecule has 0 bridgehead atoms. The fraction of sp³-hybridized carbons (Fsp3) is 0.435. The standard InChI is InChI=1S/C12H16O2.C9H10O3.C2H6/c1-9(2)11(12(13)14-3)10-7-5-4-6-8-10;1-2-10-7-3-4-8-9(5-7)12-6-11-8;1-2/h4-9,11H,1-3H3;3-5H,2,6H2,1H3;1-2H3. The molecular weight excluding hydrogens is 356 g/mol. The van der Waals surface area contributed by atoms with Gasteiger partial charge in [-0.25, -0.2) is 0 Å². The zero-order valence-corrected chi connectivity index (χ0v) is 17.7. The number of hydrogen-bond acceptors (Lipinski definition) is 5. The van der Waals surface area contributed by atoms with Crippen molar-refractivity contribution in [3.63, 3.8) is 0 Å². The summed E-state index contributed by atoms with van der Waals surface area (Å²) in [7, 11) is 1.43. The Morgan fingerprint density at radius 3 is 2.25 bits per heavy atom. The van der Waals surface area contributed by atoms with Crippen LogP contribution in [0.2, 0.25) is 0 Å². The van der Waals surface area contributed by atoms with Crippen molar-refractivity contribution >= 4 is 5.97 Å². The first kappa shape index (κ1) is 23.3. The van der Waals surface area contributed by atoms with Gasteiger partial charge in [0.1, 0.15) is 5.75 Å². The maximum atomic E-state index is 11.5. The van der Waals surface area contributed by atoms with E-state index in [-0.39, 0.29) is 17.8 Å².